The molecule has 4 rings (SSSR count). The number of nitrogens with zero attached hydrogens (tertiary/aromatic N) is 2. The highest BCUT2D eigenvalue weighted by Crippen LogP contribution is 2.25. The van der Waals surface area contributed by atoms with Crippen LogP contribution in [-0.4, -0.2) is 15.5 Å². The lowest BCUT2D eigenvalue weighted by Crippen LogP contribution is -2.10. The molecule has 2 aromatic heterocycles. The van der Waals surface area contributed by atoms with Gasteiger partial charge in [0.2, 0.25) is 0 Å². The molecule has 1 aromatic carbocycles. The average molecular weight is 386 g/mol. The summed E-state index contributed by atoms with van der Waals surface area (Å²) >= 11 is 3.20. The predicted octanol–water partition coefficient (Wildman–Crippen LogP) is 4.49. The van der Waals surface area contributed by atoms with Gasteiger partial charge >= 0.3 is 0 Å². The molecule has 0 saturated heterocycles. The fraction of sp³-hybridized carbons (Fsp3) is 0.222. The van der Waals surface area contributed by atoms with Gasteiger partial charge in [-0.05, 0) is 53.0 Å². The SMILES string of the molecule is O=C(Nc1cccc(-c2cn3c(n2)CCCC3)c1)c1ccc(Br)o1. The molecule has 0 aliphatic carbocycles. The molecular formula is C18H16BrN3O2. The Balaban J connectivity index is 1.57. The van der Waals surface area contributed by atoms with E-state index in [9.17, 15) is 4.79 Å². The van der Waals surface area contributed by atoms with Gasteiger partial charge in [0.15, 0.2) is 10.4 Å². The summed E-state index contributed by atoms with van der Waals surface area (Å²) in [5, 5.41) is 2.86. The third kappa shape index (κ3) is 3.01. The number of hydrogen-bond donors (Lipinski definition) is 1. The number of imidazole rings is 1. The second-order valence-corrected chi connectivity index (χ2v) is 6.61. The maximum atomic E-state index is 12.2. The molecule has 0 spiro atoms. The van der Waals surface area contributed by atoms with Crippen LogP contribution < -0.4 is 5.32 Å². The molecule has 1 aliphatic rings. The van der Waals surface area contributed by atoms with Gasteiger partial charge in [-0.25, -0.2) is 4.98 Å². The zero-order chi connectivity index (χ0) is 16.5. The first kappa shape index (κ1) is 15.2. The topological polar surface area (TPSA) is 60.1 Å². The monoisotopic (exact) mass is 385 g/mol. The fourth-order valence-corrected chi connectivity index (χ4v) is 3.24. The zero-order valence-corrected chi connectivity index (χ0v) is 14.5. The van der Waals surface area contributed by atoms with Gasteiger partial charge in [-0.1, -0.05) is 12.1 Å². The number of nitrogens with one attached hydrogen (secondary N) is 1. The first-order chi connectivity index (χ1) is 11.7. The summed E-state index contributed by atoms with van der Waals surface area (Å²) in [4.78, 5) is 16.9. The minimum absolute atomic E-state index is 0.268. The van der Waals surface area contributed by atoms with Gasteiger partial charge in [0.1, 0.15) is 5.82 Å². The zero-order valence-electron chi connectivity index (χ0n) is 13.0. The average Bonchev–Trinajstić information content (AvgIpc) is 3.21. The number of carbonyl (C=O) groups is 1. The number of fused-ring (bicyclic) bond motifs is 1. The van der Waals surface area contributed by atoms with Crippen LogP contribution in [0.3, 0.4) is 0 Å². The molecule has 122 valence electrons. The summed E-state index contributed by atoms with van der Waals surface area (Å²) in [6, 6.07) is 11.0. The number of furan rings is 1. The van der Waals surface area contributed by atoms with Crippen LogP contribution in [0, 0.1) is 0 Å². The van der Waals surface area contributed by atoms with Crippen LogP contribution in [0.2, 0.25) is 0 Å². The lowest BCUT2D eigenvalue weighted by atomic mass is 10.1. The number of anilines is 1. The molecule has 1 aliphatic heterocycles. The van der Waals surface area contributed by atoms with E-state index < -0.39 is 0 Å². The van der Waals surface area contributed by atoms with E-state index in [1.165, 1.54) is 12.8 Å². The van der Waals surface area contributed by atoms with Gasteiger partial charge in [-0.3, -0.25) is 4.79 Å². The van der Waals surface area contributed by atoms with Gasteiger partial charge in [0, 0.05) is 30.4 Å². The fourth-order valence-electron chi connectivity index (χ4n) is 2.94. The minimum Gasteiger partial charge on any atom is -0.444 e. The minimum atomic E-state index is -0.276. The summed E-state index contributed by atoms with van der Waals surface area (Å²) < 4.78 is 8.04. The Kier molecular flexibility index (Phi) is 3.98. The van der Waals surface area contributed by atoms with Crippen molar-refractivity contribution in [1.82, 2.24) is 9.55 Å². The summed E-state index contributed by atoms with van der Waals surface area (Å²) in [6.07, 6.45) is 5.53. The summed E-state index contributed by atoms with van der Waals surface area (Å²) in [6.45, 7) is 1.03. The van der Waals surface area contributed by atoms with E-state index in [-0.39, 0.29) is 11.7 Å². The first-order valence-corrected chi connectivity index (χ1v) is 8.71. The van der Waals surface area contributed by atoms with Crippen molar-refractivity contribution in [3.63, 3.8) is 0 Å². The first-order valence-electron chi connectivity index (χ1n) is 7.92. The van der Waals surface area contributed by atoms with Crippen LogP contribution in [0.4, 0.5) is 5.69 Å². The molecule has 0 unspecified atom stereocenters. The number of carbonyl (C=O) groups excluding carboxylic acids is 1. The Morgan fingerprint density at radius 2 is 2.17 bits per heavy atom. The Morgan fingerprint density at radius 3 is 2.96 bits per heavy atom. The van der Waals surface area contributed by atoms with Crippen molar-refractivity contribution >= 4 is 27.5 Å². The van der Waals surface area contributed by atoms with Crippen LogP contribution >= 0.6 is 15.9 Å². The maximum absolute atomic E-state index is 12.2. The smallest absolute Gasteiger partial charge is 0.291 e. The molecular weight excluding hydrogens is 370 g/mol. The summed E-state index contributed by atoms with van der Waals surface area (Å²) in [5.41, 5.74) is 2.66. The lowest BCUT2D eigenvalue weighted by Gasteiger charge is -2.11. The molecule has 6 heteroatoms. The molecule has 1 N–H and O–H groups in total. The molecule has 0 fully saturated rings. The van der Waals surface area contributed by atoms with Crippen LogP contribution in [0.1, 0.15) is 29.2 Å². The Hall–Kier alpha value is -2.34. The number of halogens is 1. The van der Waals surface area contributed by atoms with Crippen LogP contribution in [0.25, 0.3) is 11.3 Å². The second kappa shape index (κ2) is 6.28. The van der Waals surface area contributed by atoms with E-state index >= 15 is 0 Å². The molecule has 24 heavy (non-hydrogen) atoms. The highest BCUT2D eigenvalue weighted by Gasteiger charge is 2.14. The highest BCUT2D eigenvalue weighted by atomic mass is 79.9. The van der Waals surface area contributed by atoms with Gasteiger partial charge in [0.25, 0.3) is 5.91 Å². The van der Waals surface area contributed by atoms with Gasteiger partial charge < -0.3 is 14.3 Å². The van der Waals surface area contributed by atoms with E-state index in [0.717, 1.165) is 35.7 Å². The normalized spacial score (nSPS) is 13.5. The van der Waals surface area contributed by atoms with Crippen molar-refractivity contribution in [3.8, 4) is 11.3 Å². The summed E-state index contributed by atoms with van der Waals surface area (Å²) in [7, 11) is 0. The van der Waals surface area contributed by atoms with E-state index in [2.05, 4.69) is 32.0 Å². The van der Waals surface area contributed by atoms with E-state index in [1.807, 2.05) is 24.3 Å². The van der Waals surface area contributed by atoms with Crippen molar-refractivity contribution in [1.29, 1.82) is 0 Å². The standard InChI is InChI=1S/C18H16BrN3O2/c19-16-8-7-15(24-16)18(23)20-13-5-3-4-12(10-13)14-11-22-9-2-1-6-17(22)21-14/h3-5,7-8,10-11H,1-2,6,9H2,(H,20,23). The molecule has 3 aromatic rings. The van der Waals surface area contributed by atoms with E-state index in [1.54, 1.807) is 12.1 Å². The molecule has 0 atom stereocenters. The molecule has 5 nitrogen and oxygen atoms in total. The number of amides is 1. The lowest BCUT2D eigenvalue weighted by molar-refractivity contribution is 0.0995. The van der Waals surface area contributed by atoms with Crippen molar-refractivity contribution in [3.05, 3.63) is 58.8 Å². The van der Waals surface area contributed by atoms with Crippen molar-refractivity contribution in [2.24, 2.45) is 0 Å². The molecule has 0 radical (unpaired) electrons. The Bertz CT molecular complexity index is 874. The maximum Gasteiger partial charge on any atom is 0.291 e. The Morgan fingerprint density at radius 1 is 1.25 bits per heavy atom. The predicted molar refractivity (Wildman–Crippen MR) is 95.0 cm³/mol. The number of aryl methyl sites for hydroxylation is 2. The molecule has 1 amide bonds. The number of hydrogen-bond acceptors (Lipinski definition) is 3. The quantitative estimate of drug-likeness (QED) is 0.721. The number of rotatable bonds is 3. The van der Waals surface area contributed by atoms with Gasteiger partial charge in [0.05, 0.1) is 5.69 Å². The molecule has 0 saturated carbocycles. The van der Waals surface area contributed by atoms with Crippen molar-refractivity contribution in [2.45, 2.75) is 25.8 Å². The van der Waals surface area contributed by atoms with Gasteiger partial charge in [-0.15, -0.1) is 0 Å². The van der Waals surface area contributed by atoms with Crippen LogP contribution in [0.15, 0.2) is 51.7 Å². The van der Waals surface area contributed by atoms with Gasteiger partial charge in [-0.2, -0.15) is 0 Å². The van der Waals surface area contributed by atoms with Crippen LogP contribution in [0.5, 0.6) is 0 Å². The number of benzene rings is 1. The van der Waals surface area contributed by atoms with Crippen LogP contribution in [-0.2, 0) is 13.0 Å². The van der Waals surface area contributed by atoms with E-state index in [0.29, 0.717) is 4.67 Å². The molecule has 3 heterocycles. The third-order valence-electron chi connectivity index (χ3n) is 4.12. The van der Waals surface area contributed by atoms with E-state index in [4.69, 9.17) is 9.40 Å². The third-order valence-corrected chi connectivity index (χ3v) is 4.55. The van der Waals surface area contributed by atoms with Crippen molar-refractivity contribution < 1.29 is 9.21 Å². The largest absolute Gasteiger partial charge is 0.444 e. The highest BCUT2D eigenvalue weighted by molar-refractivity contribution is 9.10. The number of aromatic nitrogens is 2. The molecule has 0 bridgehead atoms. The van der Waals surface area contributed by atoms with Crippen molar-refractivity contribution in [2.75, 3.05) is 5.32 Å². The second-order valence-electron chi connectivity index (χ2n) is 5.83. The Labute approximate surface area is 147 Å². The summed E-state index contributed by atoms with van der Waals surface area (Å²) in [5.74, 6) is 1.14.